The van der Waals surface area contributed by atoms with Gasteiger partial charge in [-0.25, -0.2) is 8.42 Å². The van der Waals surface area contributed by atoms with Gasteiger partial charge < -0.3 is 10.4 Å². The molecule has 2 fully saturated rings. The van der Waals surface area contributed by atoms with E-state index in [2.05, 4.69) is 22.3 Å². The highest BCUT2D eigenvalue weighted by Gasteiger charge is 2.38. The maximum Gasteiger partial charge on any atom is 0.154 e. The molecular formula is C15H22N2O3S. The maximum atomic E-state index is 11.5. The lowest BCUT2D eigenvalue weighted by Gasteiger charge is -2.21. The maximum absolute atomic E-state index is 11.5. The Labute approximate surface area is 125 Å². The molecule has 21 heavy (non-hydrogen) atoms. The van der Waals surface area contributed by atoms with Crippen molar-refractivity contribution in [3.8, 4) is 0 Å². The summed E-state index contributed by atoms with van der Waals surface area (Å²) in [5.41, 5.74) is 1.29. The van der Waals surface area contributed by atoms with Crippen molar-refractivity contribution in [1.82, 2.24) is 10.2 Å². The van der Waals surface area contributed by atoms with Crippen molar-refractivity contribution in [2.45, 2.75) is 31.2 Å². The summed E-state index contributed by atoms with van der Waals surface area (Å²) in [6, 6.07) is 10.3. The number of aliphatic hydroxyl groups is 1. The predicted octanol–water partition coefficient (Wildman–Crippen LogP) is 0.00840. The van der Waals surface area contributed by atoms with Crippen LogP contribution in [-0.2, 0) is 16.4 Å². The Morgan fingerprint density at radius 1 is 1.24 bits per heavy atom. The van der Waals surface area contributed by atoms with Crippen molar-refractivity contribution < 1.29 is 13.5 Å². The van der Waals surface area contributed by atoms with Crippen LogP contribution in [0, 0.1) is 0 Å². The number of sulfone groups is 1. The summed E-state index contributed by atoms with van der Waals surface area (Å²) in [6.45, 7) is 2.82. The Morgan fingerprint density at radius 3 is 2.67 bits per heavy atom. The SMILES string of the molecule is O=S1(=O)C[C@@H](O)[C@H](N[C@@H]2CCN(Cc3ccccc3)C2)C1. The van der Waals surface area contributed by atoms with Gasteiger partial charge in [0.2, 0.25) is 0 Å². The molecule has 0 aromatic heterocycles. The molecule has 0 amide bonds. The fraction of sp³-hybridized carbons (Fsp3) is 0.600. The van der Waals surface area contributed by atoms with E-state index in [9.17, 15) is 13.5 Å². The Balaban J connectivity index is 1.51. The van der Waals surface area contributed by atoms with Crippen molar-refractivity contribution in [2.75, 3.05) is 24.6 Å². The normalized spacial score (nSPS) is 32.5. The molecule has 3 rings (SSSR count). The van der Waals surface area contributed by atoms with Gasteiger partial charge in [0.25, 0.3) is 0 Å². The molecule has 1 aromatic rings. The number of hydrogen-bond acceptors (Lipinski definition) is 5. The number of likely N-dealkylation sites (tertiary alicyclic amines) is 1. The molecule has 0 radical (unpaired) electrons. The molecule has 2 aliphatic rings. The van der Waals surface area contributed by atoms with E-state index in [1.807, 2.05) is 18.2 Å². The summed E-state index contributed by atoms with van der Waals surface area (Å²) in [5.74, 6) is -0.0472. The van der Waals surface area contributed by atoms with Gasteiger partial charge in [-0.15, -0.1) is 0 Å². The number of nitrogens with one attached hydrogen (secondary N) is 1. The highest BCUT2D eigenvalue weighted by Crippen LogP contribution is 2.18. The predicted molar refractivity (Wildman–Crippen MR) is 81.7 cm³/mol. The molecule has 5 nitrogen and oxygen atoms in total. The Hall–Kier alpha value is -0.950. The molecule has 0 saturated carbocycles. The zero-order valence-electron chi connectivity index (χ0n) is 12.0. The molecular weight excluding hydrogens is 288 g/mol. The number of aliphatic hydroxyl groups excluding tert-OH is 1. The quantitative estimate of drug-likeness (QED) is 0.820. The number of rotatable bonds is 4. The molecule has 2 heterocycles. The first-order valence-electron chi connectivity index (χ1n) is 7.43. The van der Waals surface area contributed by atoms with Crippen LogP contribution in [0.4, 0.5) is 0 Å². The molecule has 116 valence electrons. The number of benzene rings is 1. The molecule has 0 bridgehead atoms. The fourth-order valence-corrected chi connectivity index (χ4v) is 5.00. The summed E-state index contributed by atoms with van der Waals surface area (Å²) >= 11 is 0. The van der Waals surface area contributed by atoms with Gasteiger partial charge in [0.05, 0.1) is 17.6 Å². The first-order chi connectivity index (χ1) is 10.0. The van der Waals surface area contributed by atoms with Crippen molar-refractivity contribution in [1.29, 1.82) is 0 Å². The van der Waals surface area contributed by atoms with Crippen molar-refractivity contribution >= 4 is 9.84 Å². The van der Waals surface area contributed by atoms with E-state index >= 15 is 0 Å². The molecule has 3 atom stereocenters. The zero-order valence-corrected chi connectivity index (χ0v) is 12.8. The Morgan fingerprint density at radius 2 is 2.00 bits per heavy atom. The number of nitrogens with zero attached hydrogens (tertiary/aromatic N) is 1. The molecule has 0 unspecified atom stereocenters. The van der Waals surface area contributed by atoms with Crippen molar-refractivity contribution in [3.05, 3.63) is 35.9 Å². The Kier molecular flexibility index (Phi) is 4.31. The van der Waals surface area contributed by atoms with E-state index in [4.69, 9.17) is 0 Å². The minimum atomic E-state index is -3.07. The average Bonchev–Trinajstić information content (AvgIpc) is 2.95. The van der Waals surface area contributed by atoms with Gasteiger partial charge in [-0.3, -0.25) is 4.90 Å². The minimum Gasteiger partial charge on any atom is -0.390 e. The van der Waals surface area contributed by atoms with Gasteiger partial charge >= 0.3 is 0 Å². The van der Waals surface area contributed by atoms with Gasteiger partial charge in [0, 0.05) is 31.7 Å². The summed E-state index contributed by atoms with van der Waals surface area (Å²) < 4.78 is 23.0. The summed E-state index contributed by atoms with van der Waals surface area (Å²) in [6.07, 6.45) is 0.231. The van der Waals surface area contributed by atoms with Crippen molar-refractivity contribution in [2.24, 2.45) is 0 Å². The van der Waals surface area contributed by atoms with Gasteiger partial charge in [0.15, 0.2) is 9.84 Å². The third-order valence-electron chi connectivity index (χ3n) is 4.29. The summed E-state index contributed by atoms with van der Waals surface area (Å²) in [4.78, 5) is 2.36. The van der Waals surface area contributed by atoms with Crippen LogP contribution in [0.2, 0.25) is 0 Å². The van der Waals surface area contributed by atoms with Crippen LogP contribution in [0.1, 0.15) is 12.0 Å². The largest absolute Gasteiger partial charge is 0.390 e. The van der Waals surface area contributed by atoms with Gasteiger partial charge in [0.1, 0.15) is 0 Å². The van der Waals surface area contributed by atoms with Crippen LogP contribution in [0.3, 0.4) is 0 Å². The average molecular weight is 310 g/mol. The summed E-state index contributed by atoms with van der Waals surface area (Å²) in [5, 5.41) is 13.2. The lowest BCUT2D eigenvalue weighted by Crippen LogP contribution is -2.46. The molecule has 0 spiro atoms. The van der Waals surface area contributed by atoms with E-state index in [0.717, 1.165) is 26.1 Å². The van der Waals surface area contributed by atoms with Crippen LogP contribution < -0.4 is 5.32 Å². The Bertz CT molecular complexity index is 576. The number of hydrogen-bond donors (Lipinski definition) is 2. The van der Waals surface area contributed by atoms with E-state index in [1.165, 1.54) is 5.56 Å². The van der Waals surface area contributed by atoms with E-state index < -0.39 is 15.9 Å². The van der Waals surface area contributed by atoms with Crippen molar-refractivity contribution in [3.63, 3.8) is 0 Å². The van der Waals surface area contributed by atoms with E-state index in [0.29, 0.717) is 0 Å². The molecule has 1 aromatic carbocycles. The lowest BCUT2D eigenvalue weighted by molar-refractivity contribution is 0.158. The van der Waals surface area contributed by atoms with E-state index in [-0.39, 0.29) is 23.6 Å². The molecule has 2 saturated heterocycles. The lowest BCUT2D eigenvalue weighted by atomic mass is 10.1. The van der Waals surface area contributed by atoms with Gasteiger partial charge in [-0.1, -0.05) is 30.3 Å². The van der Waals surface area contributed by atoms with E-state index in [1.54, 1.807) is 0 Å². The monoisotopic (exact) mass is 310 g/mol. The van der Waals surface area contributed by atoms with Crippen LogP contribution in [-0.4, -0.2) is 61.2 Å². The molecule has 6 heteroatoms. The second-order valence-electron chi connectivity index (χ2n) is 6.12. The van der Waals surface area contributed by atoms with Gasteiger partial charge in [-0.05, 0) is 12.0 Å². The minimum absolute atomic E-state index is 0.0589. The second kappa shape index (κ2) is 6.04. The van der Waals surface area contributed by atoms with Crippen LogP contribution in [0.5, 0.6) is 0 Å². The topological polar surface area (TPSA) is 69.6 Å². The first kappa shape index (κ1) is 15.0. The summed E-state index contributed by atoms with van der Waals surface area (Å²) in [7, 11) is -3.07. The molecule has 2 aliphatic heterocycles. The van der Waals surface area contributed by atoms with Crippen LogP contribution in [0.25, 0.3) is 0 Å². The third kappa shape index (κ3) is 3.83. The second-order valence-corrected chi connectivity index (χ2v) is 8.28. The highest BCUT2D eigenvalue weighted by molar-refractivity contribution is 7.91. The zero-order chi connectivity index (χ0) is 14.9. The van der Waals surface area contributed by atoms with Gasteiger partial charge in [-0.2, -0.15) is 0 Å². The van der Waals surface area contributed by atoms with Crippen LogP contribution >= 0.6 is 0 Å². The molecule has 2 N–H and O–H groups in total. The highest BCUT2D eigenvalue weighted by atomic mass is 32.2. The first-order valence-corrected chi connectivity index (χ1v) is 9.25. The standard InChI is InChI=1S/C15H22N2O3S/c18-15-11-21(19,20)10-14(15)16-13-6-7-17(9-13)8-12-4-2-1-3-5-12/h1-5,13-16,18H,6-11H2/t13-,14-,15-/m1/s1. The fourth-order valence-electron chi connectivity index (χ4n) is 3.24. The smallest absolute Gasteiger partial charge is 0.154 e. The third-order valence-corrected chi connectivity index (χ3v) is 6.01. The van der Waals surface area contributed by atoms with Crippen LogP contribution in [0.15, 0.2) is 30.3 Å². The molecule has 0 aliphatic carbocycles.